The molecule has 1 N–H and O–H groups in total. The van der Waals surface area contributed by atoms with Gasteiger partial charge < -0.3 is 9.59 Å². The molecule has 31 heavy (non-hydrogen) atoms. The smallest absolute Gasteiger partial charge is 0.362 e. The number of carboxylic acids is 1. The summed E-state index contributed by atoms with van der Waals surface area (Å²) >= 11 is 0. The predicted octanol–water partition coefficient (Wildman–Crippen LogP) is 8.75. The van der Waals surface area contributed by atoms with E-state index in [0.717, 1.165) is 75.5 Å². The lowest BCUT2D eigenvalue weighted by atomic mass is 9.99. The number of aliphatic carboxylic acids is 1. The van der Waals surface area contributed by atoms with E-state index >= 15 is 0 Å². The van der Waals surface area contributed by atoms with Gasteiger partial charge in [0.2, 0.25) is 0 Å². The van der Waals surface area contributed by atoms with Gasteiger partial charge in [-0.3, -0.25) is 0 Å². The molecule has 0 radical (unpaired) electrons. The van der Waals surface area contributed by atoms with Gasteiger partial charge in [-0.25, -0.2) is 4.79 Å². The number of carbonyl (C=O) groups is 1. The van der Waals surface area contributed by atoms with E-state index in [1.54, 1.807) is 0 Å². The van der Waals surface area contributed by atoms with Crippen LogP contribution in [0, 0.1) is 0 Å². The number of hydrogen-bond donors (Lipinski definition) is 1. The molecule has 0 saturated heterocycles. The van der Waals surface area contributed by atoms with E-state index in [4.69, 9.17) is 0 Å². The fourth-order valence-corrected chi connectivity index (χ4v) is 5.03. The largest absolute Gasteiger partial charge is 0.477 e. The van der Waals surface area contributed by atoms with Crippen molar-refractivity contribution in [3.63, 3.8) is 0 Å². The van der Waals surface area contributed by atoms with Gasteiger partial charge in [0, 0.05) is 6.42 Å². The van der Waals surface area contributed by atoms with E-state index in [2.05, 4.69) is 27.7 Å². The van der Waals surface area contributed by atoms with Gasteiger partial charge in [0.15, 0.2) is 6.04 Å². The quantitative estimate of drug-likeness (QED) is 0.120. The summed E-state index contributed by atoms with van der Waals surface area (Å²) in [7, 11) is 0. The average molecular weight is 441 g/mol. The normalized spacial score (nSPS) is 12.9. The average Bonchev–Trinajstić information content (AvgIpc) is 2.77. The molecular weight excluding hydrogens is 382 g/mol. The Labute approximate surface area is 196 Å². The lowest BCUT2D eigenvalue weighted by Gasteiger charge is -2.43. The highest BCUT2D eigenvalue weighted by molar-refractivity contribution is 5.72. The molecule has 0 aliphatic rings. The van der Waals surface area contributed by atoms with Crippen LogP contribution in [-0.4, -0.2) is 41.2 Å². The van der Waals surface area contributed by atoms with Crippen molar-refractivity contribution in [2.75, 3.05) is 19.6 Å². The molecule has 3 heteroatoms. The van der Waals surface area contributed by atoms with Crippen molar-refractivity contribution in [1.29, 1.82) is 0 Å². The second-order valence-corrected chi connectivity index (χ2v) is 9.98. The third-order valence-electron chi connectivity index (χ3n) is 7.15. The maximum atomic E-state index is 12.4. The number of nitrogens with zero attached hydrogens (tertiary/aromatic N) is 1. The summed E-state index contributed by atoms with van der Waals surface area (Å²) in [6.07, 6.45) is 23.8. The number of unbranched alkanes of at least 4 members (excludes halogenated alkanes) is 14. The maximum Gasteiger partial charge on any atom is 0.362 e. The van der Waals surface area contributed by atoms with Crippen LogP contribution in [0.2, 0.25) is 0 Å². The molecule has 0 aromatic heterocycles. The van der Waals surface area contributed by atoms with Crippen LogP contribution in [0.4, 0.5) is 0 Å². The molecule has 186 valence electrons. The third kappa shape index (κ3) is 15.0. The van der Waals surface area contributed by atoms with E-state index in [0.29, 0.717) is 0 Å². The lowest BCUT2D eigenvalue weighted by molar-refractivity contribution is -0.944. The highest BCUT2D eigenvalue weighted by Gasteiger charge is 2.40. The molecule has 0 saturated carbocycles. The van der Waals surface area contributed by atoms with Gasteiger partial charge in [0.1, 0.15) is 0 Å². The predicted molar refractivity (Wildman–Crippen MR) is 137 cm³/mol. The fraction of sp³-hybridized carbons (Fsp3) is 0.964. The van der Waals surface area contributed by atoms with Gasteiger partial charge in [0.25, 0.3) is 0 Å². The molecule has 0 heterocycles. The summed E-state index contributed by atoms with van der Waals surface area (Å²) in [6.45, 7) is 12.1. The number of carboxylic acid groups (broad SMARTS) is 1. The zero-order valence-corrected chi connectivity index (χ0v) is 21.9. The molecule has 0 aliphatic heterocycles. The van der Waals surface area contributed by atoms with E-state index in [9.17, 15) is 9.90 Å². The standard InChI is InChI=1S/C28H57NO2/c1-5-9-13-14-15-16-17-18-19-20-21-22-23-27(28(30)31)29(24-10-6-2,25-11-7-3)26-12-8-4/h27H,5-26H2,1-4H3/p+1. The maximum absolute atomic E-state index is 12.4. The van der Waals surface area contributed by atoms with Gasteiger partial charge in [0.05, 0.1) is 19.6 Å². The first-order chi connectivity index (χ1) is 15.1. The van der Waals surface area contributed by atoms with Crippen molar-refractivity contribution in [2.45, 2.75) is 156 Å². The first kappa shape index (κ1) is 30.4. The van der Waals surface area contributed by atoms with Crippen molar-refractivity contribution >= 4 is 5.97 Å². The van der Waals surface area contributed by atoms with Gasteiger partial charge in [-0.1, -0.05) is 118 Å². The molecule has 0 aromatic rings. The molecule has 0 rings (SSSR count). The van der Waals surface area contributed by atoms with Crippen molar-refractivity contribution in [2.24, 2.45) is 0 Å². The van der Waals surface area contributed by atoms with Crippen LogP contribution in [0.1, 0.15) is 150 Å². The fourth-order valence-electron chi connectivity index (χ4n) is 5.03. The van der Waals surface area contributed by atoms with Crippen LogP contribution in [0.3, 0.4) is 0 Å². The second kappa shape index (κ2) is 21.3. The summed E-state index contributed by atoms with van der Waals surface area (Å²) in [5.74, 6) is -0.550. The zero-order valence-electron chi connectivity index (χ0n) is 21.9. The Morgan fingerprint density at radius 2 is 0.871 bits per heavy atom. The van der Waals surface area contributed by atoms with Crippen LogP contribution in [0.25, 0.3) is 0 Å². The van der Waals surface area contributed by atoms with Crippen LogP contribution in [-0.2, 0) is 4.79 Å². The Balaban J connectivity index is 4.43. The Hall–Kier alpha value is -0.570. The highest BCUT2D eigenvalue weighted by atomic mass is 16.4. The molecule has 0 amide bonds. The Morgan fingerprint density at radius 3 is 1.19 bits per heavy atom. The number of hydrogen-bond acceptors (Lipinski definition) is 1. The molecule has 0 bridgehead atoms. The molecule has 0 aromatic carbocycles. The van der Waals surface area contributed by atoms with Crippen LogP contribution in [0.15, 0.2) is 0 Å². The minimum Gasteiger partial charge on any atom is -0.477 e. The summed E-state index contributed by atoms with van der Waals surface area (Å²) in [6, 6.07) is -0.201. The van der Waals surface area contributed by atoms with Crippen molar-refractivity contribution < 1.29 is 14.4 Å². The third-order valence-corrected chi connectivity index (χ3v) is 7.15. The topological polar surface area (TPSA) is 37.3 Å². The zero-order chi connectivity index (χ0) is 23.2. The molecule has 1 unspecified atom stereocenters. The SMILES string of the molecule is CCCCCCCCCCCCCCC(C(=O)O)[N+](CCCC)(CCCC)CCCC. The lowest BCUT2D eigenvalue weighted by Crippen LogP contribution is -2.60. The summed E-state index contributed by atoms with van der Waals surface area (Å²) in [5.41, 5.74) is 0. The van der Waals surface area contributed by atoms with Crippen LogP contribution in [0.5, 0.6) is 0 Å². The van der Waals surface area contributed by atoms with Gasteiger partial charge in [-0.15, -0.1) is 0 Å². The van der Waals surface area contributed by atoms with Gasteiger partial charge >= 0.3 is 5.97 Å². The van der Waals surface area contributed by atoms with E-state index in [1.807, 2.05) is 0 Å². The van der Waals surface area contributed by atoms with Crippen LogP contribution < -0.4 is 0 Å². The molecule has 3 nitrogen and oxygen atoms in total. The summed E-state index contributed by atoms with van der Waals surface area (Å²) in [5, 5.41) is 10.2. The van der Waals surface area contributed by atoms with Crippen LogP contribution >= 0.6 is 0 Å². The first-order valence-corrected chi connectivity index (χ1v) is 14.2. The first-order valence-electron chi connectivity index (χ1n) is 14.2. The second-order valence-electron chi connectivity index (χ2n) is 9.98. The number of rotatable bonds is 24. The highest BCUT2D eigenvalue weighted by Crippen LogP contribution is 2.25. The van der Waals surface area contributed by atoms with E-state index in [1.165, 1.54) is 70.6 Å². The minimum atomic E-state index is -0.550. The molecule has 1 atom stereocenters. The van der Waals surface area contributed by atoms with Gasteiger partial charge in [-0.05, 0) is 25.7 Å². The van der Waals surface area contributed by atoms with Gasteiger partial charge in [-0.2, -0.15) is 0 Å². The molecule has 0 aliphatic carbocycles. The molecule has 0 spiro atoms. The van der Waals surface area contributed by atoms with E-state index in [-0.39, 0.29) is 6.04 Å². The van der Waals surface area contributed by atoms with Crippen molar-refractivity contribution in [3.05, 3.63) is 0 Å². The Bertz CT molecular complexity index is 375. The Kier molecular flexibility index (Phi) is 20.9. The summed E-state index contributed by atoms with van der Waals surface area (Å²) in [4.78, 5) is 12.4. The monoisotopic (exact) mass is 440 g/mol. The van der Waals surface area contributed by atoms with Crippen molar-refractivity contribution in [3.8, 4) is 0 Å². The number of quaternary nitrogens is 1. The van der Waals surface area contributed by atoms with Crippen molar-refractivity contribution in [1.82, 2.24) is 0 Å². The summed E-state index contributed by atoms with van der Waals surface area (Å²) < 4.78 is 0.836. The molecule has 0 fully saturated rings. The Morgan fingerprint density at radius 1 is 0.548 bits per heavy atom. The molecular formula is C28H58NO2+. The van der Waals surface area contributed by atoms with E-state index < -0.39 is 5.97 Å². The minimum absolute atomic E-state index is 0.201.